The van der Waals surface area contributed by atoms with Crippen molar-refractivity contribution in [1.82, 2.24) is 9.13 Å². The highest BCUT2D eigenvalue weighted by molar-refractivity contribution is 7.98. The molecular formula is C28H23F3N2O2S. The zero-order valence-corrected chi connectivity index (χ0v) is 20.2. The van der Waals surface area contributed by atoms with Gasteiger partial charge in [0.15, 0.2) is 0 Å². The van der Waals surface area contributed by atoms with Gasteiger partial charge < -0.3 is 0 Å². The molecule has 0 fully saturated rings. The Balaban J connectivity index is 1.55. The zero-order chi connectivity index (χ0) is 25.7. The molecule has 36 heavy (non-hydrogen) atoms. The van der Waals surface area contributed by atoms with E-state index in [1.165, 1.54) is 63.5 Å². The molecule has 8 heteroatoms. The van der Waals surface area contributed by atoms with Crippen LogP contribution < -0.4 is 11.1 Å². The third-order valence-corrected chi connectivity index (χ3v) is 6.64. The summed E-state index contributed by atoms with van der Waals surface area (Å²) in [6.45, 7) is 1.23. The maximum absolute atomic E-state index is 13.0. The molecular weight excluding hydrogens is 485 g/mol. The molecule has 0 aliphatic rings. The van der Waals surface area contributed by atoms with Gasteiger partial charge in [0.2, 0.25) is 0 Å². The SMILES string of the molecule is CC=Cc1cn(-c2ccc(C(F)F)cc2)c(=O)cc1CSc1ccc(-n2cc(CF)ccc2=O)cc1. The molecule has 0 aliphatic heterocycles. The van der Waals surface area contributed by atoms with E-state index in [0.29, 0.717) is 22.7 Å². The van der Waals surface area contributed by atoms with Gasteiger partial charge in [0.1, 0.15) is 6.67 Å². The first kappa shape index (κ1) is 25.3. The number of benzene rings is 2. The lowest BCUT2D eigenvalue weighted by molar-refractivity contribution is 0.151. The smallest absolute Gasteiger partial charge is 0.263 e. The van der Waals surface area contributed by atoms with Gasteiger partial charge >= 0.3 is 0 Å². The fourth-order valence-corrected chi connectivity index (χ4v) is 4.60. The largest absolute Gasteiger partial charge is 0.284 e. The Labute approximate surface area is 210 Å². The number of hydrogen-bond donors (Lipinski definition) is 0. The molecule has 2 aromatic carbocycles. The average molecular weight is 509 g/mol. The number of pyridine rings is 2. The Hall–Kier alpha value is -3.78. The Morgan fingerprint density at radius 2 is 1.50 bits per heavy atom. The van der Waals surface area contributed by atoms with E-state index in [0.717, 1.165) is 16.0 Å². The van der Waals surface area contributed by atoms with E-state index in [1.807, 2.05) is 31.2 Å². The first-order chi connectivity index (χ1) is 17.4. The summed E-state index contributed by atoms with van der Waals surface area (Å²) < 4.78 is 41.6. The summed E-state index contributed by atoms with van der Waals surface area (Å²) in [4.78, 5) is 25.9. The fraction of sp³-hybridized carbons (Fsp3) is 0.143. The lowest BCUT2D eigenvalue weighted by Gasteiger charge is -2.12. The predicted octanol–water partition coefficient (Wildman–Crippen LogP) is 6.72. The molecule has 0 saturated heterocycles. The van der Waals surface area contributed by atoms with E-state index < -0.39 is 13.1 Å². The van der Waals surface area contributed by atoms with Crippen molar-refractivity contribution in [3.05, 3.63) is 128 Å². The average Bonchev–Trinajstić information content (AvgIpc) is 2.89. The van der Waals surface area contributed by atoms with Crippen molar-refractivity contribution in [1.29, 1.82) is 0 Å². The van der Waals surface area contributed by atoms with Crippen LogP contribution in [-0.2, 0) is 12.4 Å². The van der Waals surface area contributed by atoms with Crippen LogP contribution >= 0.6 is 11.8 Å². The molecule has 4 rings (SSSR count). The van der Waals surface area contributed by atoms with Gasteiger partial charge in [0.05, 0.1) is 0 Å². The molecule has 184 valence electrons. The quantitative estimate of drug-likeness (QED) is 0.248. The normalized spacial score (nSPS) is 11.5. The van der Waals surface area contributed by atoms with Crippen LogP contribution in [0.15, 0.2) is 99.7 Å². The molecule has 0 N–H and O–H groups in total. The number of thioether (sulfide) groups is 1. The van der Waals surface area contributed by atoms with Gasteiger partial charge in [-0.15, -0.1) is 11.8 Å². The predicted molar refractivity (Wildman–Crippen MR) is 138 cm³/mol. The monoisotopic (exact) mass is 508 g/mol. The minimum Gasteiger partial charge on any atom is -0.284 e. The van der Waals surface area contributed by atoms with Crippen LogP contribution in [0.1, 0.15) is 35.6 Å². The summed E-state index contributed by atoms with van der Waals surface area (Å²) in [5, 5.41) is 0. The Kier molecular flexibility index (Phi) is 7.95. The third-order valence-electron chi connectivity index (χ3n) is 5.58. The highest BCUT2D eigenvalue weighted by Crippen LogP contribution is 2.26. The van der Waals surface area contributed by atoms with Crippen molar-refractivity contribution in [3.8, 4) is 11.4 Å². The third kappa shape index (κ3) is 5.71. The Morgan fingerprint density at radius 3 is 2.11 bits per heavy atom. The second kappa shape index (κ2) is 11.3. The number of allylic oxidation sites excluding steroid dienone is 1. The second-order valence-electron chi connectivity index (χ2n) is 8.02. The molecule has 0 radical (unpaired) electrons. The van der Waals surface area contributed by atoms with E-state index >= 15 is 0 Å². The van der Waals surface area contributed by atoms with Crippen LogP contribution in [0.4, 0.5) is 13.2 Å². The maximum atomic E-state index is 13.0. The topological polar surface area (TPSA) is 44.0 Å². The van der Waals surface area contributed by atoms with Crippen LogP contribution in [-0.4, -0.2) is 9.13 Å². The molecule has 0 spiro atoms. The van der Waals surface area contributed by atoms with Gasteiger partial charge in [-0.2, -0.15) is 0 Å². The van der Waals surface area contributed by atoms with Crippen LogP contribution in [0.25, 0.3) is 17.5 Å². The summed E-state index contributed by atoms with van der Waals surface area (Å²) in [5.74, 6) is 0.525. The van der Waals surface area contributed by atoms with Gasteiger partial charge in [-0.25, -0.2) is 13.2 Å². The first-order valence-electron chi connectivity index (χ1n) is 11.2. The summed E-state index contributed by atoms with van der Waals surface area (Å²) in [6, 6.07) is 17.3. The lowest BCUT2D eigenvalue weighted by atomic mass is 10.1. The summed E-state index contributed by atoms with van der Waals surface area (Å²) in [7, 11) is 0. The van der Waals surface area contributed by atoms with E-state index in [4.69, 9.17) is 0 Å². The number of halogens is 3. The van der Waals surface area contributed by atoms with Crippen LogP contribution in [0.2, 0.25) is 0 Å². The van der Waals surface area contributed by atoms with Gasteiger partial charge in [-0.05, 0) is 66.1 Å². The molecule has 4 aromatic rings. The van der Waals surface area contributed by atoms with Gasteiger partial charge in [-0.3, -0.25) is 18.7 Å². The number of alkyl halides is 3. The summed E-state index contributed by atoms with van der Waals surface area (Å²) in [6.07, 6.45) is 4.40. The van der Waals surface area contributed by atoms with Gasteiger partial charge in [-0.1, -0.05) is 24.3 Å². The van der Waals surface area contributed by atoms with Crippen molar-refractivity contribution in [2.45, 2.75) is 30.7 Å². The number of nitrogens with zero attached hydrogens (tertiary/aromatic N) is 2. The number of hydrogen-bond acceptors (Lipinski definition) is 3. The molecule has 2 heterocycles. The number of aromatic nitrogens is 2. The van der Waals surface area contributed by atoms with Crippen molar-refractivity contribution in [2.24, 2.45) is 0 Å². The Bertz CT molecular complexity index is 1490. The van der Waals surface area contributed by atoms with Crippen LogP contribution in [0.5, 0.6) is 0 Å². The molecule has 2 aromatic heterocycles. The minimum absolute atomic E-state index is 0.0977. The minimum atomic E-state index is -2.57. The standard InChI is InChI=1S/C28H23F3N2O2S/c1-2-3-21-17-33(23-7-5-20(6-8-23)28(30)31)27(35)14-22(21)18-36-25-11-9-24(10-12-25)32-16-19(15-29)4-13-26(32)34/h2-14,16-17,28H,15,18H2,1H3. The summed E-state index contributed by atoms with van der Waals surface area (Å²) in [5.41, 5.74) is 2.64. The van der Waals surface area contributed by atoms with Gasteiger partial charge in [0, 0.05) is 52.1 Å². The van der Waals surface area contributed by atoms with E-state index in [2.05, 4.69) is 0 Å². The molecule has 0 atom stereocenters. The molecule has 0 unspecified atom stereocenters. The summed E-state index contributed by atoms with van der Waals surface area (Å²) >= 11 is 1.53. The fourth-order valence-electron chi connectivity index (χ4n) is 3.70. The zero-order valence-electron chi connectivity index (χ0n) is 19.4. The molecule has 4 nitrogen and oxygen atoms in total. The van der Waals surface area contributed by atoms with Crippen molar-refractivity contribution in [3.63, 3.8) is 0 Å². The molecule has 0 aliphatic carbocycles. The van der Waals surface area contributed by atoms with Gasteiger partial charge in [0.25, 0.3) is 17.5 Å². The van der Waals surface area contributed by atoms with Crippen molar-refractivity contribution in [2.75, 3.05) is 0 Å². The van der Waals surface area contributed by atoms with Crippen molar-refractivity contribution < 1.29 is 13.2 Å². The second-order valence-corrected chi connectivity index (χ2v) is 9.07. The molecule has 0 bridgehead atoms. The van der Waals surface area contributed by atoms with E-state index in [1.54, 1.807) is 24.4 Å². The number of rotatable bonds is 8. The van der Waals surface area contributed by atoms with Crippen LogP contribution in [0, 0.1) is 0 Å². The van der Waals surface area contributed by atoms with E-state index in [9.17, 15) is 22.8 Å². The van der Waals surface area contributed by atoms with Crippen LogP contribution in [0.3, 0.4) is 0 Å². The highest BCUT2D eigenvalue weighted by atomic mass is 32.2. The lowest BCUT2D eigenvalue weighted by Crippen LogP contribution is -2.18. The molecule has 0 saturated carbocycles. The van der Waals surface area contributed by atoms with Crippen molar-refractivity contribution >= 4 is 17.8 Å². The Morgan fingerprint density at radius 1 is 0.861 bits per heavy atom. The van der Waals surface area contributed by atoms with E-state index in [-0.39, 0.29) is 16.7 Å². The first-order valence-corrected chi connectivity index (χ1v) is 12.2. The molecule has 0 amide bonds. The highest BCUT2D eigenvalue weighted by Gasteiger charge is 2.10. The maximum Gasteiger partial charge on any atom is 0.263 e.